The molecule has 1 aliphatic carbocycles. The molecule has 4 heteroatoms. The van der Waals surface area contributed by atoms with Crippen LogP contribution in [0.2, 0.25) is 0 Å². The van der Waals surface area contributed by atoms with E-state index in [-0.39, 0.29) is 11.9 Å². The van der Waals surface area contributed by atoms with Crippen LogP contribution in [-0.4, -0.2) is 49.1 Å². The lowest BCUT2D eigenvalue weighted by molar-refractivity contribution is -0.126. The molecule has 1 aliphatic heterocycles. The van der Waals surface area contributed by atoms with Crippen molar-refractivity contribution in [2.45, 2.75) is 44.3 Å². The Balaban J connectivity index is 2.07. The molecule has 1 saturated carbocycles. The zero-order valence-corrected chi connectivity index (χ0v) is 9.62. The van der Waals surface area contributed by atoms with Crippen LogP contribution in [0.15, 0.2) is 0 Å². The molecule has 1 heterocycles. The minimum atomic E-state index is 0.0347. The van der Waals surface area contributed by atoms with Crippen molar-refractivity contribution in [2.75, 3.05) is 20.1 Å². The van der Waals surface area contributed by atoms with Crippen molar-refractivity contribution in [3.05, 3.63) is 0 Å². The number of carbonyl (C=O) groups excluding carboxylic acids is 1. The molecule has 15 heavy (non-hydrogen) atoms. The molecule has 0 spiro atoms. The Morgan fingerprint density at radius 1 is 1.47 bits per heavy atom. The van der Waals surface area contributed by atoms with E-state index in [0.29, 0.717) is 12.1 Å². The van der Waals surface area contributed by atoms with Crippen LogP contribution in [0.25, 0.3) is 0 Å². The fourth-order valence-corrected chi connectivity index (χ4v) is 2.31. The van der Waals surface area contributed by atoms with Crippen molar-refractivity contribution in [3.63, 3.8) is 0 Å². The van der Waals surface area contributed by atoms with E-state index in [4.69, 9.17) is 0 Å². The summed E-state index contributed by atoms with van der Waals surface area (Å²) in [5.74, 6) is 0.196. The van der Waals surface area contributed by atoms with Gasteiger partial charge >= 0.3 is 0 Å². The van der Waals surface area contributed by atoms with Gasteiger partial charge in [-0.1, -0.05) is 0 Å². The number of carbonyl (C=O) groups is 1. The molecule has 2 fully saturated rings. The minimum Gasteiger partial charge on any atom is -0.352 e. The quantitative estimate of drug-likeness (QED) is 0.688. The Hall–Kier alpha value is -0.610. The van der Waals surface area contributed by atoms with E-state index in [1.54, 1.807) is 0 Å². The number of rotatable bonds is 3. The zero-order chi connectivity index (χ0) is 10.8. The van der Waals surface area contributed by atoms with Gasteiger partial charge in [-0.25, -0.2) is 0 Å². The van der Waals surface area contributed by atoms with E-state index in [9.17, 15) is 4.79 Å². The van der Waals surface area contributed by atoms with Crippen LogP contribution in [0, 0.1) is 0 Å². The summed E-state index contributed by atoms with van der Waals surface area (Å²) in [4.78, 5) is 14.3. The monoisotopic (exact) mass is 211 g/mol. The van der Waals surface area contributed by atoms with E-state index in [1.807, 2.05) is 7.05 Å². The van der Waals surface area contributed by atoms with Gasteiger partial charge in [0.2, 0.25) is 5.91 Å². The summed E-state index contributed by atoms with van der Waals surface area (Å²) >= 11 is 0. The standard InChI is InChI=1S/C11H21N3O/c1-8-5-6-14(9-3-4-9)10(7-12-2)11(15)13-8/h8-10,12H,3-7H2,1-2H3,(H,13,15). The molecule has 0 aromatic carbocycles. The second-order valence-electron chi connectivity index (χ2n) is 4.74. The van der Waals surface area contributed by atoms with E-state index in [0.717, 1.165) is 19.5 Å². The van der Waals surface area contributed by atoms with Gasteiger partial charge in [-0.2, -0.15) is 0 Å². The van der Waals surface area contributed by atoms with Crippen molar-refractivity contribution in [1.29, 1.82) is 0 Å². The number of nitrogens with one attached hydrogen (secondary N) is 2. The molecule has 0 aromatic rings. The molecule has 2 unspecified atom stereocenters. The summed E-state index contributed by atoms with van der Waals surface area (Å²) in [7, 11) is 1.91. The zero-order valence-electron chi connectivity index (χ0n) is 9.62. The third kappa shape index (κ3) is 2.49. The maximum absolute atomic E-state index is 12.0. The highest BCUT2D eigenvalue weighted by Crippen LogP contribution is 2.29. The van der Waals surface area contributed by atoms with Crippen molar-refractivity contribution in [1.82, 2.24) is 15.5 Å². The van der Waals surface area contributed by atoms with Crippen LogP contribution in [0.4, 0.5) is 0 Å². The van der Waals surface area contributed by atoms with Gasteiger partial charge in [0.25, 0.3) is 0 Å². The highest BCUT2D eigenvalue weighted by Gasteiger charge is 2.38. The number of hydrogen-bond acceptors (Lipinski definition) is 3. The summed E-state index contributed by atoms with van der Waals surface area (Å²) in [6.07, 6.45) is 3.60. The fourth-order valence-electron chi connectivity index (χ4n) is 2.31. The Morgan fingerprint density at radius 3 is 2.80 bits per heavy atom. The van der Waals surface area contributed by atoms with Gasteiger partial charge in [-0.05, 0) is 33.2 Å². The second-order valence-corrected chi connectivity index (χ2v) is 4.74. The highest BCUT2D eigenvalue weighted by atomic mass is 16.2. The minimum absolute atomic E-state index is 0.0347. The van der Waals surface area contributed by atoms with Crippen LogP contribution >= 0.6 is 0 Å². The van der Waals surface area contributed by atoms with E-state index in [2.05, 4.69) is 22.5 Å². The highest BCUT2D eigenvalue weighted by molar-refractivity contribution is 5.82. The normalized spacial score (nSPS) is 33.6. The summed E-state index contributed by atoms with van der Waals surface area (Å²) in [5, 5.41) is 6.19. The van der Waals surface area contributed by atoms with Crippen LogP contribution in [0.3, 0.4) is 0 Å². The first-order valence-electron chi connectivity index (χ1n) is 5.93. The molecule has 2 rings (SSSR count). The van der Waals surface area contributed by atoms with Gasteiger partial charge in [0.1, 0.15) is 6.04 Å². The smallest absolute Gasteiger partial charge is 0.238 e. The second kappa shape index (κ2) is 4.49. The van der Waals surface area contributed by atoms with Crippen LogP contribution < -0.4 is 10.6 Å². The Morgan fingerprint density at radius 2 is 2.20 bits per heavy atom. The number of hydrogen-bond donors (Lipinski definition) is 2. The van der Waals surface area contributed by atoms with Crippen molar-refractivity contribution < 1.29 is 4.79 Å². The molecular weight excluding hydrogens is 190 g/mol. The molecule has 4 nitrogen and oxygen atoms in total. The van der Waals surface area contributed by atoms with Crippen molar-refractivity contribution in [2.24, 2.45) is 0 Å². The Labute approximate surface area is 91.4 Å². The largest absolute Gasteiger partial charge is 0.352 e. The molecule has 1 saturated heterocycles. The molecule has 0 aromatic heterocycles. The van der Waals surface area contributed by atoms with Crippen LogP contribution in [0.1, 0.15) is 26.2 Å². The van der Waals surface area contributed by atoms with Gasteiger partial charge in [0.05, 0.1) is 0 Å². The van der Waals surface area contributed by atoms with E-state index < -0.39 is 0 Å². The number of likely N-dealkylation sites (N-methyl/N-ethyl adjacent to an activating group) is 1. The molecule has 0 radical (unpaired) electrons. The molecule has 0 bridgehead atoms. The first kappa shape index (κ1) is 10.9. The maximum Gasteiger partial charge on any atom is 0.238 e. The molecule has 2 aliphatic rings. The average Bonchev–Trinajstić information content (AvgIpc) is 2.98. The van der Waals surface area contributed by atoms with Crippen LogP contribution in [0.5, 0.6) is 0 Å². The van der Waals surface area contributed by atoms with E-state index >= 15 is 0 Å². The first-order valence-corrected chi connectivity index (χ1v) is 5.93. The molecule has 2 atom stereocenters. The van der Waals surface area contributed by atoms with Gasteiger partial charge in [-0.15, -0.1) is 0 Å². The number of nitrogens with zero attached hydrogens (tertiary/aromatic N) is 1. The SMILES string of the molecule is CNCC1C(=O)NC(C)CCN1C1CC1. The Bertz CT molecular complexity index is 240. The van der Waals surface area contributed by atoms with Crippen molar-refractivity contribution in [3.8, 4) is 0 Å². The van der Waals surface area contributed by atoms with E-state index in [1.165, 1.54) is 12.8 Å². The Kier molecular flexibility index (Phi) is 3.26. The first-order chi connectivity index (χ1) is 7.22. The lowest BCUT2D eigenvalue weighted by Crippen LogP contribution is -2.50. The lowest BCUT2D eigenvalue weighted by atomic mass is 10.2. The summed E-state index contributed by atoms with van der Waals surface area (Å²) in [6, 6.07) is 1.02. The predicted octanol–water partition coefficient (Wildman–Crippen LogP) is -0.0528. The summed E-state index contributed by atoms with van der Waals surface area (Å²) in [6.45, 7) is 3.90. The fraction of sp³-hybridized carbons (Fsp3) is 0.909. The maximum atomic E-state index is 12.0. The average molecular weight is 211 g/mol. The molecule has 86 valence electrons. The summed E-state index contributed by atoms with van der Waals surface area (Å²) in [5.41, 5.74) is 0. The molecule has 1 amide bonds. The lowest BCUT2D eigenvalue weighted by Gasteiger charge is -2.27. The predicted molar refractivity (Wildman–Crippen MR) is 59.7 cm³/mol. The third-order valence-corrected chi connectivity index (χ3v) is 3.33. The topological polar surface area (TPSA) is 44.4 Å². The molecule has 2 N–H and O–H groups in total. The van der Waals surface area contributed by atoms with Gasteiger partial charge in [0, 0.05) is 25.2 Å². The molecular formula is C11H21N3O. The number of amides is 1. The van der Waals surface area contributed by atoms with Crippen LogP contribution in [-0.2, 0) is 4.79 Å². The van der Waals surface area contributed by atoms with Gasteiger partial charge in [-0.3, -0.25) is 9.69 Å². The van der Waals surface area contributed by atoms with Crippen molar-refractivity contribution >= 4 is 5.91 Å². The summed E-state index contributed by atoms with van der Waals surface area (Å²) < 4.78 is 0. The van der Waals surface area contributed by atoms with Gasteiger partial charge < -0.3 is 10.6 Å². The third-order valence-electron chi connectivity index (χ3n) is 3.33. The van der Waals surface area contributed by atoms with Gasteiger partial charge in [0.15, 0.2) is 0 Å².